The van der Waals surface area contributed by atoms with Gasteiger partial charge in [0.25, 0.3) is 0 Å². The van der Waals surface area contributed by atoms with Crippen LogP contribution in [0, 0.1) is 0 Å². The van der Waals surface area contributed by atoms with Crippen LogP contribution in [0.3, 0.4) is 0 Å². The number of imidazole rings is 1. The molecular weight excluding hydrogens is 375 g/mol. The van der Waals surface area contributed by atoms with Crippen LogP contribution < -0.4 is 10.1 Å². The molecule has 1 atom stereocenters. The number of carbonyl (C=O) groups is 1. The van der Waals surface area contributed by atoms with E-state index in [0.29, 0.717) is 11.7 Å². The van der Waals surface area contributed by atoms with Crippen LogP contribution in [0.25, 0.3) is 0 Å². The molecule has 2 N–H and O–H groups in total. The van der Waals surface area contributed by atoms with E-state index in [4.69, 9.17) is 4.74 Å². The molecule has 0 aliphatic heterocycles. The minimum atomic E-state index is -5.06. The lowest BCUT2D eigenvalue weighted by atomic mass is 9.97. The van der Waals surface area contributed by atoms with Crippen LogP contribution in [0.4, 0.5) is 13.2 Å². The summed E-state index contributed by atoms with van der Waals surface area (Å²) in [5, 5.41) is 12.5. The van der Waals surface area contributed by atoms with Gasteiger partial charge < -0.3 is 19.7 Å². The highest BCUT2D eigenvalue weighted by Gasteiger charge is 2.58. The minimum Gasteiger partial charge on any atom is -0.492 e. The van der Waals surface area contributed by atoms with Gasteiger partial charge in [-0.3, -0.25) is 4.79 Å². The number of nitrogens with zero attached hydrogens (tertiary/aromatic N) is 2. The summed E-state index contributed by atoms with van der Waals surface area (Å²) in [6.45, 7) is 4.22. The summed E-state index contributed by atoms with van der Waals surface area (Å²) in [6.07, 6.45) is -3.85. The number of nitrogens with one attached hydrogen (secondary N) is 1. The Kier molecular flexibility index (Phi) is 6.71. The van der Waals surface area contributed by atoms with Gasteiger partial charge in [-0.1, -0.05) is 26.0 Å². The zero-order chi connectivity index (χ0) is 20.9. The zero-order valence-corrected chi connectivity index (χ0v) is 16.0. The van der Waals surface area contributed by atoms with Crippen molar-refractivity contribution in [3.8, 4) is 5.75 Å². The van der Waals surface area contributed by atoms with Crippen LogP contribution in [-0.2, 0) is 17.4 Å². The molecule has 1 heterocycles. The zero-order valence-electron chi connectivity index (χ0n) is 16.0. The summed E-state index contributed by atoms with van der Waals surface area (Å²) in [5.74, 6) is -0.615. The van der Waals surface area contributed by atoms with Gasteiger partial charge in [0.05, 0.1) is 13.0 Å². The van der Waals surface area contributed by atoms with Crippen LogP contribution >= 0.6 is 0 Å². The topological polar surface area (TPSA) is 76.4 Å². The van der Waals surface area contributed by atoms with Gasteiger partial charge in [-0.2, -0.15) is 13.2 Å². The molecule has 28 heavy (non-hydrogen) atoms. The normalized spacial score (nSPS) is 14.0. The first kappa shape index (κ1) is 21.7. The van der Waals surface area contributed by atoms with Crippen molar-refractivity contribution < 1.29 is 27.8 Å². The van der Waals surface area contributed by atoms with Crippen molar-refractivity contribution in [2.45, 2.75) is 38.0 Å². The first-order chi connectivity index (χ1) is 13.0. The van der Waals surface area contributed by atoms with Crippen molar-refractivity contribution in [1.29, 1.82) is 0 Å². The van der Waals surface area contributed by atoms with Crippen molar-refractivity contribution in [2.75, 3.05) is 13.2 Å². The average Bonchev–Trinajstić information content (AvgIpc) is 3.04. The van der Waals surface area contributed by atoms with Crippen LogP contribution in [0.1, 0.15) is 37.6 Å². The van der Waals surface area contributed by atoms with E-state index < -0.39 is 29.9 Å². The van der Waals surface area contributed by atoms with Gasteiger partial charge in [0.15, 0.2) is 5.82 Å². The second-order valence-corrected chi connectivity index (χ2v) is 6.82. The number of alkyl halides is 3. The molecule has 0 spiro atoms. The second kappa shape index (κ2) is 8.64. The molecule has 0 saturated heterocycles. The summed E-state index contributed by atoms with van der Waals surface area (Å²) >= 11 is 0. The Bertz CT molecular complexity index is 788. The quantitative estimate of drug-likeness (QED) is 0.670. The maximum absolute atomic E-state index is 13.4. The molecule has 0 aliphatic carbocycles. The molecule has 0 aliphatic rings. The summed E-state index contributed by atoms with van der Waals surface area (Å²) in [7, 11) is 1.31. The van der Waals surface area contributed by atoms with E-state index in [1.54, 1.807) is 12.1 Å². The highest BCUT2D eigenvalue weighted by molar-refractivity contribution is 5.77. The molecule has 0 saturated carbocycles. The molecule has 6 nitrogen and oxygen atoms in total. The molecule has 0 bridgehead atoms. The lowest BCUT2D eigenvalue weighted by molar-refractivity contribution is -0.271. The SMILES string of the molecule is CC(C)c1ccc(OCCNC(=O)CC(O)(c2nccn2C)C(F)(F)F)cc1. The van der Waals surface area contributed by atoms with Crippen molar-refractivity contribution in [3.63, 3.8) is 0 Å². The second-order valence-electron chi connectivity index (χ2n) is 6.82. The third-order valence-electron chi connectivity index (χ3n) is 4.32. The number of rotatable bonds is 8. The highest BCUT2D eigenvalue weighted by Crippen LogP contribution is 2.40. The largest absolute Gasteiger partial charge is 0.492 e. The van der Waals surface area contributed by atoms with Gasteiger partial charge in [-0.05, 0) is 23.6 Å². The van der Waals surface area contributed by atoms with E-state index in [1.807, 2.05) is 12.1 Å². The number of aromatic nitrogens is 2. The van der Waals surface area contributed by atoms with Crippen molar-refractivity contribution in [2.24, 2.45) is 7.05 Å². The van der Waals surface area contributed by atoms with Gasteiger partial charge in [0.2, 0.25) is 11.5 Å². The lowest BCUT2D eigenvalue weighted by Gasteiger charge is -2.29. The van der Waals surface area contributed by atoms with Crippen LogP contribution in [0.5, 0.6) is 5.75 Å². The first-order valence-corrected chi connectivity index (χ1v) is 8.81. The van der Waals surface area contributed by atoms with E-state index in [-0.39, 0.29) is 13.2 Å². The molecule has 154 valence electrons. The fraction of sp³-hybridized carbons (Fsp3) is 0.474. The number of aryl methyl sites for hydroxylation is 1. The summed E-state index contributed by atoms with van der Waals surface area (Å²) in [6, 6.07) is 7.44. The van der Waals surface area contributed by atoms with E-state index in [0.717, 1.165) is 16.3 Å². The fourth-order valence-electron chi connectivity index (χ4n) is 2.67. The first-order valence-electron chi connectivity index (χ1n) is 8.81. The Morgan fingerprint density at radius 2 is 1.93 bits per heavy atom. The average molecular weight is 399 g/mol. The predicted octanol–water partition coefficient (Wildman–Crippen LogP) is 2.88. The molecule has 9 heteroatoms. The molecule has 1 aromatic heterocycles. The maximum atomic E-state index is 13.4. The van der Waals surface area contributed by atoms with Crippen LogP contribution in [0.2, 0.25) is 0 Å². The lowest BCUT2D eigenvalue weighted by Crippen LogP contribution is -2.48. The van der Waals surface area contributed by atoms with E-state index in [2.05, 4.69) is 24.1 Å². The standard InChI is InChI=1S/C19H24F3N3O3/c1-13(2)14-4-6-15(7-5-14)28-11-9-23-16(26)12-18(27,19(20,21)22)17-24-8-10-25(17)3/h4-8,10,13,27H,9,11-12H2,1-3H3,(H,23,26). The van der Waals surface area contributed by atoms with E-state index in [1.165, 1.54) is 13.2 Å². The molecule has 2 aromatic rings. The maximum Gasteiger partial charge on any atom is 0.425 e. The number of carbonyl (C=O) groups excluding carboxylic acids is 1. The number of hydrogen-bond acceptors (Lipinski definition) is 4. The molecule has 2 rings (SSSR count). The number of halogens is 3. The van der Waals surface area contributed by atoms with Crippen molar-refractivity contribution in [1.82, 2.24) is 14.9 Å². The van der Waals surface area contributed by atoms with Gasteiger partial charge >= 0.3 is 6.18 Å². The number of hydrogen-bond donors (Lipinski definition) is 2. The Balaban J connectivity index is 1.89. The number of ether oxygens (including phenoxy) is 1. The summed E-state index contributed by atoms with van der Waals surface area (Å²) in [4.78, 5) is 15.5. The summed E-state index contributed by atoms with van der Waals surface area (Å²) in [5.41, 5.74) is -2.22. The molecule has 1 amide bonds. The molecule has 1 unspecified atom stereocenters. The smallest absolute Gasteiger partial charge is 0.425 e. The molecule has 0 fully saturated rings. The van der Waals surface area contributed by atoms with E-state index >= 15 is 0 Å². The predicted molar refractivity (Wildman–Crippen MR) is 96.8 cm³/mol. The third-order valence-corrected chi connectivity index (χ3v) is 4.32. The Labute approximate surface area is 161 Å². The highest BCUT2D eigenvalue weighted by atomic mass is 19.4. The Morgan fingerprint density at radius 3 is 2.43 bits per heavy atom. The summed E-state index contributed by atoms with van der Waals surface area (Å²) < 4.78 is 46.7. The molecule has 0 radical (unpaired) electrons. The third kappa shape index (κ3) is 5.03. The Hall–Kier alpha value is -2.55. The fourth-order valence-corrected chi connectivity index (χ4v) is 2.67. The molecular formula is C19H24F3N3O3. The van der Waals surface area contributed by atoms with Crippen molar-refractivity contribution in [3.05, 3.63) is 48.0 Å². The Morgan fingerprint density at radius 1 is 1.29 bits per heavy atom. The molecule has 1 aromatic carbocycles. The van der Waals surface area contributed by atoms with Crippen molar-refractivity contribution >= 4 is 5.91 Å². The number of benzene rings is 1. The minimum absolute atomic E-state index is 0.000726. The number of aliphatic hydroxyl groups is 1. The van der Waals surface area contributed by atoms with Gasteiger partial charge in [-0.15, -0.1) is 0 Å². The van der Waals surface area contributed by atoms with Crippen LogP contribution in [0.15, 0.2) is 36.7 Å². The monoisotopic (exact) mass is 399 g/mol. The van der Waals surface area contributed by atoms with Crippen LogP contribution in [-0.4, -0.2) is 39.9 Å². The van der Waals surface area contributed by atoms with Gasteiger partial charge in [-0.25, -0.2) is 4.98 Å². The number of amides is 1. The van der Waals surface area contributed by atoms with Gasteiger partial charge in [0, 0.05) is 19.4 Å². The van der Waals surface area contributed by atoms with Gasteiger partial charge in [0.1, 0.15) is 12.4 Å². The van der Waals surface area contributed by atoms with E-state index in [9.17, 15) is 23.1 Å².